The zero-order valence-electron chi connectivity index (χ0n) is 8.87. The van der Waals surface area contributed by atoms with E-state index in [0.29, 0.717) is 12.2 Å². The van der Waals surface area contributed by atoms with Crippen molar-refractivity contribution < 1.29 is 4.74 Å². The summed E-state index contributed by atoms with van der Waals surface area (Å²) in [6, 6.07) is 9.89. The average molecular weight is 306 g/mol. The van der Waals surface area contributed by atoms with E-state index in [0.717, 1.165) is 21.5 Å². The summed E-state index contributed by atoms with van der Waals surface area (Å²) in [6.45, 7) is 0.668. The van der Waals surface area contributed by atoms with Crippen LogP contribution in [0, 0.1) is 11.3 Å². The average Bonchev–Trinajstić information content (AvgIpc) is 2.62. The lowest BCUT2D eigenvalue weighted by atomic mass is 10.0. The number of hydrogen-bond acceptors (Lipinski definition) is 3. The Morgan fingerprint density at radius 3 is 3.00 bits per heavy atom. The standard InChI is InChI=1S/C13H8BrNOS/c14-13-6-10-9-2-1-8(7-15)5-11(9)16-4-3-12(10)17-13/h1-2,5-6H,3-4H2. The van der Waals surface area contributed by atoms with E-state index in [1.165, 1.54) is 10.4 Å². The highest BCUT2D eigenvalue weighted by Crippen LogP contribution is 2.41. The Labute approximate surface area is 112 Å². The third-order valence-electron chi connectivity index (χ3n) is 2.77. The van der Waals surface area contributed by atoms with Crippen LogP contribution in [-0.2, 0) is 6.42 Å². The molecule has 0 spiro atoms. The van der Waals surface area contributed by atoms with E-state index >= 15 is 0 Å². The Hall–Kier alpha value is -1.31. The molecule has 0 radical (unpaired) electrons. The zero-order chi connectivity index (χ0) is 11.8. The molecule has 0 saturated carbocycles. The van der Waals surface area contributed by atoms with Gasteiger partial charge in [-0.05, 0) is 40.2 Å². The molecular weight excluding hydrogens is 298 g/mol. The van der Waals surface area contributed by atoms with Crippen molar-refractivity contribution in [1.29, 1.82) is 5.26 Å². The van der Waals surface area contributed by atoms with Gasteiger partial charge in [0.05, 0.1) is 22.0 Å². The zero-order valence-corrected chi connectivity index (χ0v) is 11.3. The Morgan fingerprint density at radius 2 is 2.18 bits per heavy atom. The summed E-state index contributed by atoms with van der Waals surface area (Å²) in [6.07, 6.45) is 0.919. The van der Waals surface area contributed by atoms with Gasteiger partial charge in [0.25, 0.3) is 0 Å². The molecule has 1 aliphatic rings. The number of rotatable bonds is 0. The number of fused-ring (bicyclic) bond motifs is 3. The quantitative estimate of drug-likeness (QED) is 0.737. The van der Waals surface area contributed by atoms with Crippen LogP contribution < -0.4 is 4.74 Å². The molecule has 0 atom stereocenters. The van der Waals surface area contributed by atoms with Gasteiger partial charge in [0.2, 0.25) is 0 Å². The van der Waals surface area contributed by atoms with Gasteiger partial charge in [-0.25, -0.2) is 0 Å². The Kier molecular flexibility index (Phi) is 2.65. The van der Waals surface area contributed by atoms with Crippen LogP contribution in [0.4, 0.5) is 0 Å². The third kappa shape index (κ3) is 1.86. The van der Waals surface area contributed by atoms with Gasteiger partial charge in [0.1, 0.15) is 5.75 Å². The lowest BCUT2D eigenvalue weighted by Crippen LogP contribution is -1.97. The van der Waals surface area contributed by atoms with Crippen LogP contribution in [0.1, 0.15) is 10.4 Å². The summed E-state index contributed by atoms with van der Waals surface area (Å²) in [7, 11) is 0. The maximum atomic E-state index is 8.90. The van der Waals surface area contributed by atoms with Crippen LogP contribution in [0.5, 0.6) is 5.75 Å². The van der Waals surface area contributed by atoms with Crippen molar-refractivity contribution >= 4 is 27.3 Å². The molecule has 4 heteroatoms. The highest BCUT2D eigenvalue weighted by atomic mass is 79.9. The summed E-state index contributed by atoms with van der Waals surface area (Å²) in [5.74, 6) is 0.813. The Balaban J connectivity index is 2.22. The molecule has 0 N–H and O–H groups in total. The molecule has 1 aliphatic heterocycles. The van der Waals surface area contributed by atoms with Crippen molar-refractivity contribution in [3.05, 3.63) is 38.5 Å². The monoisotopic (exact) mass is 305 g/mol. The molecule has 2 heterocycles. The molecule has 0 bridgehead atoms. The van der Waals surface area contributed by atoms with Gasteiger partial charge in [0, 0.05) is 22.4 Å². The second-order valence-electron chi connectivity index (χ2n) is 3.81. The smallest absolute Gasteiger partial charge is 0.128 e. The van der Waals surface area contributed by atoms with Gasteiger partial charge in [-0.15, -0.1) is 11.3 Å². The number of nitriles is 1. The van der Waals surface area contributed by atoms with Crippen LogP contribution in [-0.4, -0.2) is 6.61 Å². The van der Waals surface area contributed by atoms with E-state index in [1.807, 2.05) is 18.2 Å². The molecule has 0 aliphatic carbocycles. The molecule has 1 aromatic heterocycles. The van der Waals surface area contributed by atoms with Crippen molar-refractivity contribution in [3.63, 3.8) is 0 Å². The minimum Gasteiger partial charge on any atom is -0.493 e. The Morgan fingerprint density at radius 1 is 1.29 bits per heavy atom. The summed E-state index contributed by atoms with van der Waals surface area (Å²) in [5.41, 5.74) is 2.94. The predicted octanol–water partition coefficient (Wildman–Crippen LogP) is 3.98. The normalized spacial score (nSPS) is 12.9. The molecule has 1 aromatic carbocycles. The van der Waals surface area contributed by atoms with E-state index < -0.39 is 0 Å². The maximum Gasteiger partial charge on any atom is 0.128 e. The second kappa shape index (κ2) is 4.17. The van der Waals surface area contributed by atoms with Gasteiger partial charge in [-0.3, -0.25) is 0 Å². The Bertz CT molecular complexity index is 627. The fourth-order valence-electron chi connectivity index (χ4n) is 2.00. The van der Waals surface area contributed by atoms with E-state index in [-0.39, 0.29) is 0 Å². The van der Waals surface area contributed by atoms with Gasteiger partial charge in [0.15, 0.2) is 0 Å². The number of ether oxygens (including phenoxy) is 1. The summed E-state index contributed by atoms with van der Waals surface area (Å²) >= 11 is 5.27. The summed E-state index contributed by atoms with van der Waals surface area (Å²) in [4.78, 5) is 1.33. The lowest BCUT2D eigenvalue weighted by molar-refractivity contribution is 0.327. The third-order valence-corrected chi connectivity index (χ3v) is 4.46. The first-order valence-corrected chi connectivity index (χ1v) is 6.84. The first-order valence-electron chi connectivity index (χ1n) is 5.23. The molecule has 84 valence electrons. The summed E-state index contributed by atoms with van der Waals surface area (Å²) in [5, 5.41) is 8.90. The first kappa shape index (κ1) is 10.8. The topological polar surface area (TPSA) is 33.0 Å². The molecule has 0 fully saturated rings. The van der Waals surface area contributed by atoms with Crippen molar-refractivity contribution in [2.45, 2.75) is 6.42 Å². The van der Waals surface area contributed by atoms with E-state index in [9.17, 15) is 0 Å². The molecule has 2 aromatic rings. The molecule has 0 unspecified atom stereocenters. The van der Waals surface area contributed by atoms with Crippen molar-refractivity contribution in [2.75, 3.05) is 6.61 Å². The number of thiophene rings is 1. The number of hydrogen-bond donors (Lipinski definition) is 0. The minimum absolute atomic E-state index is 0.640. The van der Waals surface area contributed by atoms with E-state index in [2.05, 4.69) is 28.1 Å². The van der Waals surface area contributed by atoms with Crippen LogP contribution in [0.3, 0.4) is 0 Å². The van der Waals surface area contributed by atoms with Gasteiger partial charge in [-0.1, -0.05) is 0 Å². The largest absolute Gasteiger partial charge is 0.493 e. The van der Waals surface area contributed by atoms with Crippen LogP contribution in [0.2, 0.25) is 0 Å². The summed E-state index contributed by atoms with van der Waals surface area (Å²) < 4.78 is 6.85. The molecule has 17 heavy (non-hydrogen) atoms. The van der Waals surface area contributed by atoms with Gasteiger partial charge >= 0.3 is 0 Å². The van der Waals surface area contributed by atoms with Crippen LogP contribution >= 0.6 is 27.3 Å². The van der Waals surface area contributed by atoms with Crippen LogP contribution in [0.25, 0.3) is 11.1 Å². The fourth-order valence-corrected chi connectivity index (χ4v) is 3.69. The maximum absolute atomic E-state index is 8.90. The fraction of sp³-hybridized carbons (Fsp3) is 0.154. The second-order valence-corrected chi connectivity index (χ2v) is 6.32. The van der Waals surface area contributed by atoms with Crippen molar-refractivity contribution in [1.82, 2.24) is 0 Å². The molecule has 2 nitrogen and oxygen atoms in total. The first-order chi connectivity index (χ1) is 8.28. The predicted molar refractivity (Wildman–Crippen MR) is 71.4 cm³/mol. The highest BCUT2D eigenvalue weighted by molar-refractivity contribution is 9.11. The van der Waals surface area contributed by atoms with Gasteiger partial charge in [-0.2, -0.15) is 5.26 Å². The van der Waals surface area contributed by atoms with E-state index in [1.54, 1.807) is 11.3 Å². The molecule has 0 saturated heterocycles. The lowest BCUT2D eigenvalue weighted by Gasteiger charge is -2.06. The van der Waals surface area contributed by atoms with E-state index in [4.69, 9.17) is 10.00 Å². The highest BCUT2D eigenvalue weighted by Gasteiger charge is 2.18. The molecular formula is C13H8BrNOS. The minimum atomic E-state index is 0.640. The number of halogens is 1. The SMILES string of the molecule is N#Cc1ccc2c(c1)OCCc1sc(Br)cc1-2. The van der Waals surface area contributed by atoms with Crippen LogP contribution in [0.15, 0.2) is 28.1 Å². The molecule has 3 rings (SSSR count). The number of nitrogens with zero attached hydrogens (tertiary/aromatic N) is 1. The number of benzene rings is 1. The molecule has 0 amide bonds. The van der Waals surface area contributed by atoms with Gasteiger partial charge < -0.3 is 4.74 Å². The van der Waals surface area contributed by atoms with Crippen molar-refractivity contribution in [3.8, 4) is 22.9 Å². The van der Waals surface area contributed by atoms with Crippen molar-refractivity contribution in [2.24, 2.45) is 0 Å².